The molecular weight excluding hydrogens is 434 g/mol. The van der Waals surface area contributed by atoms with Crippen LogP contribution in [0.3, 0.4) is 0 Å². The molecule has 1 heterocycles. The van der Waals surface area contributed by atoms with E-state index in [0.29, 0.717) is 22.1 Å². The molecule has 4 rings (SSSR count). The van der Waals surface area contributed by atoms with Crippen LogP contribution < -0.4 is 5.32 Å². The van der Waals surface area contributed by atoms with E-state index in [4.69, 9.17) is 16.9 Å². The SMILES string of the molecule is Cc1cc(Cl)cc(C=C2CCN(C(=O)C3CCCC3)CC2)c1NC(=O)c1ccc(C#N)cc1. The number of carbonyl (C=O) groups excluding carboxylic acids is 2. The highest BCUT2D eigenvalue weighted by atomic mass is 35.5. The van der Waals surface area contributed by atoms with E-state index in [1.54, 1.807) is 24.3 Å². The largest absolute Gasteiger partial charge is 0.342 e. The Balaban J connectivity index is 1.49. The van der Waals surface area contributed by atoms with Gasteiger partial charge >= 0.3 is 0 Å². The topological polar surface area (TPSA) is 73.2 Å². The number of piperidine rings is 1. The average molecular weight is 462 g/mol. The van der Waals surface area contributed by atoms with Crippen LogP contribution >= 0.6 is 11.6 Å². The van der Waals surface area contributed by atoms with Crippen molar-refractivity contribution in [3.63, 3.8) is 0 Å². The van der Waals surface area contributed by atoms with Crippen molar-refractivity contribution in [2.75, 3.05) is 18.4 Å². The standard InChI is InChI=1S/C27H28ClN3O2/c1-18-14-24(28)16-23(25(18)30-26(32)21-8-6-20(17-29)7-9-21)15-19-10-12-31(13-11-19)27(33)22-4-2-3-5-22/h6-9,14-16,22H,2-5,10-13H2,1H3,(H,30,32). The summed E-state index contributed by atoms with van der Waals surface area (Å²) in [7, 11) is 0. The zero-order valence-electron chi connectivity index (χ0n) is 18.9. The van der Waals surface area contributed by atoms with Crippen LogP contribution in [0.2, 0.25) is 5.02 Å². The van der Waals surface area contributed by atoms with Gasteiger partial charge in [-0.25, -0.2) is 0 Å². The molecule has 1 saturated carbocycles. The monoisotopic (exact) mass is 461 g/mol. The summed E-state index contributed by atoms with van der Waals surface area (Å²) in [4.78, 5) is 27.6. The first-order valence-electron chi connectivity index (χ1n) is 11.5. The molecule has 2 amide bonds. The van der Waals surface area contributed by atoms with E-state index in [1.807, 2.05) is 24.0 Å². The third-order valence-corrected chi connectivity index (χ3v) is 6.85. The van der Waals surface area contributed by atoms with Crippen molar-refractivity contribution in [1.82, 2.24) is 4.90 Å². The molecule has 1 aliphatic heterocycles. The van der Waals surface area contributed by atoms with Crippen LogP contribution in [0.4, 0.5) is 5.69 Å². The number of nitriles is 1. The molecule has 0 spiro atoms. The lowest BCUT2D eigenvalue weighted by molar-refractivity contribution is -0.135. The first-order valence-corrected chi connectivity index (χ1v) is 11.9. The fourth-order valence-corrected chi connectivity index (χ4v) is 5.03. The minimum absolute atomic E-state index is 0.218. The van der Waals surface area contributed by atoms with Gasteiger partial charge in [-0.05, 0) is 80.1 Å². The maximum absolute atomic E-state index is 12.8. The summed E-state index contributed by atoms with van der Waals surface area (Å²) < 4.78 is 0. The Hall–Kier alpha value is -3.10. The smallest absolute Gasteiger partial charge is 0.255 e. The molecule has 2 aromatic rings. The van der Waals surface area contributed by atoms with Crippen LogP contribution in [-0.4, -0.2) is 29.8 Å². The summed E-state index contributed by atoms with van der Waals surface area (Å²) in [6, 6.07) is 12.3. The lowest BCUT2D eigenvalue weighted by atomic mass is 9.97. The van der Waals surface area contributed by atoms with Gasteiger partial charge in [0, 0.05) is 29.6 Å². The van der Waals surface area contributed by atoms with Crippen LogP contribution in [0, 0.1) is 24.2 Å². The van der Waals surface area contributed by atoms with Gasteiger partial charge in [-0.15, -0.1) is 0 Å². The normalized spacial score (nSPS) is 16.4. The second-order valence-corrected chi connectivity index (χ2v) is 9.38. The molecule has 1 saturated heterocycles. The van der Waals surface area contributed by atoms with E-state index in [-0.39, 0.29) is 11.8 Å². The Morgan fingerprint density at radius 2 is 1.79 bits per heavy atom. The second-order valence-electron chi connectivity index (χ2n) is 8.94. The van der Waals surface area contributed by atoms with Crippen molar-refractivity contribution >= 4 is 35.2 Å². The minimum atomic E-state index is -0.235. The predicted molar refractivity (Wildman–Crippen MR) is 131 cm³/mol. The van der Waals surface area contributed by atoms with E-state index < -0.39 is 0 Å². The van der Waals surface area contributed by atoms with Gasteiger partial charge in [-0.1, -0.05) is 36.1 Å². The number of aryl methyl sites for hydroxylation is 1. The van der Waals surface area contributed by atoms with Crippen molar-refractivity contribution in [1.29, 1.82) is 5.26 Å². The molecule has 170 valence electrons. The highest BCUT2D eigenvalue weighted by Gasteiger charge is 2.28. The van der Waals surface area contributed by atoms with Crippen LogP contribution in [-0.2, 0) is 4.79 Å². The number of halogens is 1. The zero-order valence-corrected chi connectivity index (χ0v) is 19.6. The Morgan fingerprint density at radius 1 is 1.12 bits per heavy atom. The van der Waals surface area contributed by atoms with Crippen LogP contribution in [0.15, 0.2) is 42.0 Å². The number of anilines is 1. The maximum atomic E-state index is 12.8. The Kier molecular flexibility index (Phi) is 7.15. The fraction of sp³-hybridized carbons (Fsp3) is 0.370. The molecule has 0 bridgehead atoms. The molecule has 2 fully saturated rings. The number of nitrogens with zero attached hydrogens (tertiary/aromatic N) is 2. The molecule has 0 radical (unpaired) electrons. The molecule has 33 heavy (non-hydrogen) atoms. The number of carbonyl (C=O) groups is 2. The van der Waals surface area contributed by atoms with Gasteiger partial charge in [0.25, 0.3) is 5.91 Å². The summed E-state index contributed by atoms with van der Waals surface area (Å²) in [5.74, 6) is 0.303. The van der Waals surface area contributed by atoms with E-state index in [9.17, 15) is 9.59 Å². The van der Waals surface area contributed by atoms with E-state index in [1.165, 1.54) is 18.4 Å². The van der Waals surface area contributed by atoms with Gasteiger partial charge in [0.15, 0.2) is 0 Å². The van der Waals surface area contributed by atoms with Crippen molar-refractivity contribution in [2.45, 2.75) is 45.4 Å². The highest BCUT2D eigenvalue weighted by Crippen LogP contribution is 2.32. The zero-order chi connectivity index (χ0) is 23.4. The first kappa shape index (κ1) is 23.1. The maximum Gasteiger partial charge on any atom is 0.255 e. The summed E-state index contributed by atoms with van der Waals surface area (Å²) in [5, 5.41) is 12.6. The first-order chi connectivity index (χ1) is 15.9. The molecule has 2 aromatic carbocycles. The molecule has 1 N–H and O–H groups in total. The quantitative estimate of drug-likeness (QED) is 0.609. The summed E-state index contributed by atoms with van der Waals surface area (Å²) in [5.41, 5.74) is 4.72. The number of rotatable bonds is 4. The number of nitrogens with one attached hydrogen (secondary N) is 1. The lowest BCUT2D eigenvalue weighted by Crippen LogP contribution is -2.39. The molecule has 0 aromatic heterocycles. The number of benzene rings is 2. The van der Waals surface area contributed by atoms with Crippen LogP contribution in [0.1, 0.15) is 65.6 Å². The number of amides is 2. The minimum Gasteiger partial charge on any atom is -0.342 e. The van der Waals surface area contributed by atoms with Crippen LogP contribution in [0.5, 0.6) is 0 Å². The Morgan fingerprint density at radius 3 is 2.42 bits per heavy atom. The molecular formula is C27H28ClN3O2. The summed E-state index contributed by atoms with van der Waals surface area (Å²) in [6.45, 7) is 3.41. The Labute approximate surface area is 200 Å². The molecule has 6 heteroatoms. The van der Waals surface area contributed by atoms with E-state index >= 15 is 0 Å². The molecule has 2 aliphatic rings. The summed E-state index contributed by atoms with van der Waals surface area (Å²) in [6.07, 6.45) is 8.15. The van der Waals surface area contributed by atoms with Gasteiger partial charge in [-0.2, -0.15) is 5.26 Å². The summed E-state index contributed by atoms with van der Waals surface area (Å²) >= 11 is 6.34. The highest BCUT2D eigenvalue weighted by molar-refractivity contribution is 6.31. The van der Waals surface area contributed by atoms with Gasteiger partial charge in [0.05, 0.1) is 17.3 Å². The fourth-order valence-electron chi connectivity index (χ4n) is 4.75. The van der Waals surface area contributed by atoms with E-state index in [2.05, 4.69) is 17.5 Å². The molecule has 1 aliphatic carbocycles. The number of hydrogen-bond acceptors (Lipinski definition) is 3. The van der Waals surface area contributed by atoms with Crippen LogP contribution in [0.25, 0.3) is 6.08 Å². The van der Waals surface area contributed by atoms with Crippen molar-refractivity contribution < 1.29 is 9.59 Å². The molecule has 0 atom stereocenters. The van der Waals surface area contributed by atoms with Gasteiger partial charge < -0.3 is 10.2 Å². The van der Waals surface area contributed by atoms with Crippen molar-refractivity contribution in [3.05, 3.63) is 69.2 Å². The van der Waals surface area contributed by atoms with E-state index in [0.717, 1.165) is 55.6 Å². The second kappa shape index (κ2) is 10.2. The van der Waals surface area contributed by atoms with Crippen molar-refractivity contribution in [2.24, 2.45) is 5.92 Å². The van der Waals surface area contributed by atoms with Gasteiger partial charge in [0.2, 0.25) is 5.91 Å². The predicted octanol–water partition coefficient (Wildman–Crippen LogP) is 5.97. The molecule has 0 unspecified atom stereocenters. The van der Waals surface area contributed by atoms with Gasteiger partial charge in [0.1, 0.15) is 0 Å². The number of hydrogen-bond donors (Lipinski definition) is 1. The lowest BCUT2D eigenvalue weighted by Gasteiger charge is -2.30. The third kappa shape index (κ3) is 5.46. The Bertz CT molecular complexity index is 1120. The van der Waals surface area contributed by atoms with Crippen molar-refractivity contribution in [3.8, 4) is 6.07 Å². The molecule has 5 nitrogen and oxygen atoms in total. The third-order valence-electron chi connectivity index (χ3n) is 6.63. The average Bonchev–Trinajstić information content (AvgIpc) is 3.36. The van der Waals surface area contributed by atoms with Gasteiger partial charge in [-0.3, -0.25) is 9.59 Å². The number of likely N-dealkylation sites (tertiary alicyclic amines) is 1.